The van der Waals surface area contributed by atoms with Gasteiger partial charge in [-0.05, 0) is 38.0 Å². The van der Waals surface area contributed by atoms with E-state index >= 15 is 0 Å². The van der Waals surface area contributed by atoms with Crippen LogP contribution < -0.4 is 0 Å². The van der Waals surface area contributed by atoms with Crippen molar-refractivity contribution >= 4 is 17.9 Å². The summed E-state index contributed by atoms with van der Waals surface area (Å²) < 4.78 is 10.0. The maximum absolute atomic E-state index is 11.8. The average molecular weight is 306 g/mol. The monoisotopic (exact) mass is 306 g/mol. The zero-order valence-electron chi connectivity index (χ0n) is 12.3. The summed E-state index contributed by atoms with van der Waals surface area (Å²) >= 11 is 0. The maximum atomic E-state index is 11.8. The van der Waals surface area contributed by atoms with E-state index in [9.17, 15) is 14.4 Å². The Morgan fingerprint density at radius 3 is 2.64 bits per heavy atom. The van der Waals surface area contributed by atoms with E-state index in [0.29, 0.717) is 12.8 Å². The quantitative estimate of drug-likeness (QED) is 0.451. The van der Waals surface area contributed by atoms with Gasteiger partial charge < -0.3 is 14.6 Å². The second kappa shape index (κ2) is 8.61. The molecule has 0 saturated carbocycles. The number of hydrogen-bond acceptors (Lipinski definition) is 5. The summed E-state index contributed by atoms with van der Waals surface area (Å²) in [5.41, 5.74) is 0.213. The van der Waals surface area contributed by atoms with Gasteiger partial charge in [0.1, 0.15) is 0 Å². The van der Waals surface area contributed by atoms with E-state index in [0.717, 1.165) is 6.08 Å². The van der Waals surface area contributed by atoms with Gasteiger partial charge >= 0.3 is 17.9 Å². The van der Waals surface area contributed by atoms with Crippen molar-refractivity contribution < 1.29 is 29.0 Å². The summed E-state index contributed by atoms with van der Waals surface area (Å²) in [6.07, 6.45) is 1.86. The molecule has 118 valence electrons. The molecule has 1 atom stereocenters. The molecule has 6 heteroatoms. The number of benzene rings is 1. The Labute approximate surface area is 128 Å². The number of carboxylic acids is 1. The topological polar surface area (TPSA) is 89.9 Å². The minimum Gasteiger partial charge on any atom is -0.478 e. The van der Waals surface area contributed by atoms with Gasteiger partial charge in [-0.1, -0.05) is 12.6 Å². The highest BCUT2D eigenvalue weighted by atomic mass is 16.5. The third kappa shape index (κ3) is 5.78. The van der Waals surface area contributed by atoms with Gasteiger partial charge in [0.05, 0.1) is 23.8 Å². The van der Waals surface area contributed by atoms with Gasteiger partial charge in [-0.3, -0.25) is 0 Å². The third-order valence-corrected chi connectivity index (χ3v) is 2.82. The molecule has 0 heterocycles. The van der Waals surface area contributed by atoms with Crippen molar-refractivity contribution in [1.82, 2.24) is 0 Å². The summed E-state index contributed by atoms with van der Waals surface area (Å²) in [5, 5.41) is 8.86. The SMILES string of the molecule is C=CC(=O)OC(C)CCCOC(=O)c1cccc(C(=O)O)c1. The second-order valence-electron chi connectivity index (χ2n) is 4.62. The summed E-state index contributed by atoms with van der Waals surface area (Å²) in [4.78, 5) is 33.6. The van der Waals surface area contributed by atoms with Crippen LogP contribution in [0.3, 0.4) is 0 Å². The zero-order chi connectivity index (χ0) is 16.5. The first-order chi connectivity index (χ1) is 10.4. The fourth-order valence-electron chi connectivity index (χ4n) is 1.70. The van der Waals surface area contributed by atoms with Gasteiger partial charge in [-0.15, -0.1) is 0 Å². The van der Waals surface area contributed by atoms with E-state index < -0.39 is 17.9 Å². The number of hydrogen-bond donors (Lipinski definition) is 1. The fourth-order valence-corrected chi connectivity index (χ4v) is 1.70. The summed E-state index contributed by atoms with van der Waals surface area (Å²) in [7, 11) is 0. The molecule has 1 N–H and O–H groups in total. The molecular weight excluding hydrogens is 288 g/mol. The van der Waals surface area contributed by atoms with Gasteiger partial charge in [0, 0.05) is 6.08 Å². The largest absolute Gasteiger partial charge is 0.478 e. The molecule has 0 amide bonds. The molecule has 0 bridgehead atoms. The molecule has 1 aromatic carbocycles. The van der Waals surface area contributed by atoms with Crippen LogP contribution in [-0.2, 0) is 14.3 Å². The Hall–Kier alpha value is -2.63. The first kappa shape index (κ1) is 17.4. The van der Waals surface area contributed by atoms with Crippen molar-refractivity contribution in [1.29, 1.82) is 0 Å². The van der Waals surface area contributed by atoms with Gasteiger partial charge in [0.25, 0.3) is 0 Å². The van der Waals surface area contributed by atoms with E-state index in [-0.39, 0.29) is 23.8 Å². The predicted octanol–water partition coefficient (Wildman–Crippen LogP) is 2.44. The van der Waals surface area contributed by atoms with Crippen LogP contribution >= 0.6 is 0 Å². The minimum absolute atomic E-state index is 0.0272. The van der Waals surface area contributed by atoms with Gasteiger partial charge in [0.15, 0.2) is 0 Å². The molecule has 0 saturated heterocycles. The lowest BCUT2D eigenvalue weighted by Crippen LogP contribution is -2.14. The Kier molecular flexibility index (Phi) is 6.82. The van der Waals surface area contributed by atoms with Crippen molar-refractivity contribution in [3.8, 4) is 0 Å². The predicted molar refractivity (Wildman–Crippen MR) is 78.7 cm³/mol. The van der Waals surface area contributed by atoms with Crippen LogP contribution in [0.4, 0.5) is 0 Å². The molecule has 0 radical (unpaired) electrons. The number of esters is 2. The van der Waals surface area contributed by atoms with E-state index in [1.165, 1.54) is 24.3 Å². The Morgan fingerprint density at radius 1 is 1.32 bits per heavy atom. The van der Waals surface area contributed by atoms with Crippen LogP contribution in [0.25, 0.3) is 0 Å². The molecule has 0 aliphatic heterocycles. The number of carbonyl (C=O) groups is 3. The highest BCUT2D eigenvalue weighted by molar-refractivity contribution is 5.94. The van der Waals surface area contributed by atoms with Gasteiger partial charge in [-0.25, -0.2) is 14.4 Å². The number of rotatable bonds is 8. The highest BCUT2D eigenvalue weighted by Gasteiger charge is 2.11. The van der Waals surface area contributed by atoms with Crippen molar-refractivity contribution in [3.05, 3.63) is 48.0 Å². The van der Waals surface area contributed by atoms with Crippen molar-refractivity contribution in [2.75, 3.05) is 6.61 Å². The van der Waals surface area contributed by atoms with Crippen LogP contribution in [-0.4, -0.2) is 35.7 Å². The normalized spacial score (nSPS) is 11.3. The van der Waals surface area contributed by atoms with Crippen LogP contribution in [0, 0.1) is 0 Å². The molecule has 6 nitrogen and oxygen atoms in total. The Balaban J connectivity index is 2.37. The minimum atomic E-state index is -1.10. The third-order valence-electron chi connectivity index (χ3n) is 2.82. The first-order valence-corrected chi connectivity index (χ1v) is 6.77. The lowest BCUT2D eigenvalue weighted by Gasteiger charge is -2.11. The molecule has 1 rings (SSSR count). The molecule has 1 unspecified atom stereocenters. The summed E-state index contributed by atoms with van der Waals surface area (Å²) in [5.74, 6) is -2.18. The van der Waals surface area contributed by atoms with Crippen molar-refractivity contribution in [2.24, 2.45) is 0 Å². The molecule has 0 aliphatic carbocycles. The molecular formula is C16H18O6. The average Bonchev–Trinajstić information content (AvgIpc) is 2.51. The molecule has 0 aliphatic rings. The molecule has 0 aromatic heterocycles. The Morgan fingerprint density at radius 2 is 2.00 bits per heavy atom. The summed E-state index contributed by atoms with van der Waals surface area (Å²) in [6.45, 7) is 5.20. The van der Waals surface area contributed by atoms with E-state index in [1.54, 1.807) is 6.92 Å². The standard InChI is InChI=1S/C16H18O6/c1-3-14(17)22-11(2)6-5-9-21-16(20)13-8-4-7-12(10-13)15(18)19/h3-4,7-8,10-11H,1,5-6,9H2,2H3,(H,18,19). The maximum Gasteiger partial charge on any atom is 0.338 e. The lowest BCUT2D eigenvalue weighted by atomic mass is 10.1. The van der Waals surface area contributed by atoms with Crippen LogP contribution in [0.1, 0.15) is 40.5 Å². The van der Waals surface area contributed by atoms with Crippen molar-refractivity contribution in [3.63, 3.8) is 0 Å². The molecule has 0 spiro atoms. The van der Waals surface area contributed by atoms with Crippen LogP contribution in [0.2, 0.25) is 0 Å². The van der Waals surface area contributed by atoms with Crippen LogP contribution in [0.15, 0.2) is 36.9 Å². The lowest BCUT2D eigenvalue weighted by molar-refractivity contribution is -0.142. The van der Waals surface area contributed by atoms with E-state index in [2.05, 4.69) is 6.58 Å². The van der Waals surface area contributed by atoms with Gasteiger partial charge in [-0.2, -0.15) is 0 Å². The van der Waals surface area contributed by atoms with E-state index in [4.69, 9.17) is 14.6 Å². The smallest absolute Gasteiger partial charge is 0.338 e. The molecule has 1 aromatic rings. The van der Waals surface area contributed by atoms with Gasteiger partial charge in [0.2, 0.25) is 0 Å². The number of carboxylic acid groups (broad SMARTS) is 1. The highest BCUT2D eigenvalue weighted by Crippen LogP contribution is 2.08. The first-order valence-electron chi connectivity index (χ1n) is 6.77. The number of aromatic carboxylic acids is 1. The van der Waals surface area contributed by atoms with Crippen LogP contribution in [0.5, 0.6) is 0 Å². The van der Waals surface area contributed by atoms with E-state index in [1.807, 2.05) is 0 Å². The molecule has 22 heavy (non-hydrogen) atoms. The number of carbonyl (C=O) groups excluding carboxylic acids is 2. The fraction of sp³-hybridized carbons (Fsp3) is 0.312. The summed E-state index contributed by atoms with van der Waals surface area (Å²) in [6, 6.07) is 5.63. The second-order valence-corrected chi connectivity index (χ2v) is 4.62. The van der Waals surface area contributed by atoms with Crippen molar-refractivity contribution in [2.45, 2.75) is 25.9 Å². The Bertz CT molecular complexity index is 564. The number of ether oxygens (including phenoxy) is 2. The zero-order valence-corrected chi connectivity index (χ0v) is 12.3. The molecule has 0 fully saturated rings.